The molecular weight excluding hydrogens is 381 g/mol. The first-order chi connectivity index (χ1) is 13.6. The zero-order valence-corrected chi connectivity index (χ0v) is 16.8. The van der Waals surface area contributed by atoms with Gasteiger partial charge in [0.25, 0.3) is 5.91 Å². The molecule has 1 atom stereocenters. The fraction of sp³-hybridized carbons (Fsp3) is 0.526. The normalized spacial score (nSPS) is 21.2. The molecule has 1 saturated heterocycles. The molecule has 3 aliphatic heterocycles. The lowest BCUT2D eigenvalue weighted by Crippen LogP contribution is -2.58. The Kier molecular flexibility index (Phi) is 4.51. The third kappa shape index (κ3) is 3.66. The van der Waals surface area contributed by atoms with Crippen LogP contribution in [0.1, 0.15) is 27.7 Å². The van der Waals surface area contributed by atoms with Crippen molar-refractivity contribution >= 4 is 29.2 Å². The Morgan fingerprint density at radius 2 is 2.10 bits per heavy atom. The first-order valence-electron chi connectivity index (χ1n) is 9.49. The lowest BCUT2D eigenvalue weighted by atomic mass is 10.1. The van der Waals surface area contributed by atoms with Crippen molar-refractivity contribution in [2.75, 3.05) is 29.9 Å². The summed E-state index contributed by atoms with van der Waals surface area (Å²) in [6, 6.07) is 2.33. The van der Waals surface area contributed by atoms with E-state index in [-0.39, 0.29) is 30.3 Å². The van der Waals surface area contributed by atoms with Crippen LogP contribution < -0.4 is 20.4 Å². The average molecular weight is 405 g/mol. The van der Waals surface area contributed by atoms with Crippen molar-refractivity contribution in [1.29, 1.82) is 0 Å². The summed E-state index contributed by atoms with van der Waals surface area (Å²) >= 11 is 0. The number of halogens is 1. The molecule has 1 aromatic carbocycles. The highest BCUT2D eigenvalue weighted by Crippen LogP contribution is 2.38. The van der Waals surface area contributed by atoms with E-state index in [2.05, 4.69) is 15.8 Å². The number of anilines is 2. The number of hydrazone groups is 1. The molecule has 0 aliphatic carbocycles. The molecule has 1 aromatic rings. The number of benzene rings is 1. The summed E-state index contributed by atoms with van der Waals surface area (Å²) in [4.78, 5) is 27.4. The van der Waals surface area contributed by atoms with Crippen molar-refractivity contribution in [3.05, 3.63) is 17.9 Å². The molecule has 0 radical (unpaired) electrons. The van der Waals surface area contributed by atoms with E-state index in [9.17, 15) is 14.0 Å². The van der Waals surface area contributed by atoms with Crippen LogP contribution in [-0.4, -0.2) is 60.1 Å². The zero-order chi connectivity index (χ0) is 20.9. The van der Waals surface area contributed by atoms with Crippen LogP contribution in [0.15, 0.2) is 17.2 Å². The molecule has 1 fully saturated rings. The fourth-order valence-electron chi connectivity index (χ4n) is 3.42. The maximum Gasteiger partial charge on any atom is 0.410 e. The number of hydrogen-bond donors (Lipinski definition) is 2. The highest BCUT2D eigenvalue weighted by Gasteiger charge is 2.37. The third-order valence-electron chi connectivity index (χ3n) is 4.90. The van der Waals surface area contributed by atoms with Crippen molar-refractivity contribution < 1.29 is 23.5 Å². The summed E-state index contributed by atoms with van der Waals surface area (Å²) in [5.74, 6) is 0.209. The minimum atomic E-state index is -0.559. The maximum absolute atomic E-state index is 14.6. The predicted octanol–water partition coefficient (Wildman–Crippen LogP) is 1.89. The number of amides is 2. The van der Waals surface area contributed by atoms with Crippen molar-refractivity contribution in [3.8, 4) is 5.75 Å². The van der Waals surface area contributed by atoms with Crippen molar-refractivity contribution in [2.45, 2.75) is 45.4 Å². The van der Waals surface area contributed by atoms with E-state index in [1.807, 2.05) is 20.8 Å². The average Bonchev–Trinajstić information content (AvgIpc) is 2.59. The number of carbonyl (C=O) groups excluding carboxylic acids is 2. The second-order valence-electron chi connectivity index (χ2n) is 8.37. The molecule has 3 heterocycles. The Morgan fingerprint density at radius 3 is 2.79 bits per heavy atom. The third-order valence-corrected chi connectivity index (χ3v) is 4.90. The van der Waals surface area contributed by atoms with Crippen molar-refractivity contribution in [1.82, 2.24) is 10.3 Å². The van der Waals surface area contributed by atoms with E-state index in [0.29, 0.717) is 30.4 Å². The predicted molar refractivity (Wildman–Crippen MR) is 105 cm³/mol. The second-order valence-corrected chi connectivity index (χ2v) is 8.37. The zero-order valence-electron chi connectivity index (χ0n) is 16.8. The van der Waals surface area contributed by atoms with Crippen LogP contribution in [0.2, 0.25) is 0 Å². The molecule has 1 unspecified atom stereocenters. The molecule has 0 aromatic heterocycles. The van der Waals surface area contributed by atoms with Gasteiger partial charge in [-0.25, -0.2) is 14.6 Å². The van der Waals surface area contributed by atoms with E-state index < -0.39 is 17.5 Å². The van der Waals surface area contributed by atoms with Crippen LogP contribution in [0.25, 0.3) is 0 Å². The van der Waals surface area contributed by atoms with Gasteiger partial charge in [-0.15, -0.1) is 0 Å². The SMILES string of the molecule is CC1C(=O)NN=C2COc3cc(F)c(NC4CN(C(=O)OC(C)(C)C)C4)cc3N21. The van der Waals surface area contributed by atoms with E-state index in [1.54, 1.807) is 22.8 Å². The number of fused-ring (bicyclic) bond motifs is 3. The Labute approximate surface area is 167 Å². The minimum absolute atomic E-state index is 0.102. The van der Waals surface area contributed by atoms with E-state index >= 15 is 0 Å². The highest BCUT2D eigenvalue weighted by atomic mass is 19.1. The van der Waals surface area contributed by atoms with Crippen molar-refractivity contribution in [3.63, 3.8) is 0 Å². The van der Waals surface area contributed by atoms with E-state index in [4.69, 9.17) is 9.47 Å². The van der Waals surface area contributed by atoms with Gasteiger partial charge in [0.2, 0.25) is 0 Å². The van der Waals surface area contributed by atoms with Gasteiger partial charge in [0.05, 0.1) is 17.4 Å². The molecule has 156 valence electrons. The lowest BCUT2D eigenvalue weighted by Gasteiger charge is -2.41. The van der Waals surface area contributed by atoms with Gasteiger partial charge in [0.15, 0.2) is 5.84 Å². The topological polar surface area (TPSA) is 95.5 Å². The molecule has 2 N–H and O–H groups in total. The van der Waals surface area contributed by atoms with Crippen LogP contribution in [0, 0.1) is 5.82 Å². The van der Waals surface area contributed by atoms with Crippen LogP contribution in [0.5, 0.6) is 5.75 Å². The second kappa shape index (κ2) is 6.78. The summed E-state index contributed by atoms with van der Waals surface area (Å²) in [6.45, 7) is 8.16. The van der Waals surface area contributed by atoms with Gasteiger partial charge >= 0.3 is 6.09 Å². The Balaban J connectivity index is 1.48. The number of nitrogens with zero attached hydrogens (tertiary/aromatic N) is 3. The highest BCUT2D eigenvalue weighted by molar-refractivity contribution is 6.09. The molecule has 4 rings (SSSR count). The summed E-state index contributed by atoms with van der Waals surface area (Å²) in [7, 11) is 0. The van der Waals surface area contributed by atoms with Crippen LogP contribution >= 0.6 is 0 Å². The van der Waals surface area contributed by atoms with Gasteiger partial charge in [0, 0.05) is 19.2 Å². The van der Waals surface area contributed by atoms with Crippen molar-refractivity contribution in [2.24, 2.45) is 5.10 Å². The largest absolute Gasteiger partial charge is 0.483 e. The number of likely N-dealkylation sites (tertiary alicyclic amines) is 1. The van der Waals surface area contributed by atoms with Crippen LogP contribution in [-0.2, 0) is 9.53 Å². The van der Waals surface area contributed by atoms with Crippen LogP contribution in [0.3, 0.4) is 0 Å². The Bertz CT molecular complexity index is 891. The summed E-state index contributed by atoms with van der Waals surface area (Å²) in [5, 5.41) is 7.15. The van der Waals surface area contributed by atoms with Gasteiger partial charge in [-0.2, -0.15) is 5.10 Å². The number of amidine groups is 1. The molecule has 10 heteroatoms. The number of ether oxygens (including phenoxy) is 2. The Morgan fingerprint density at radius 1 is 1.38 bits per heavy atom. The number of rotatable bonds is 2. The maximum atomic E-state index is 14.6. The quantitative estimate of drug-likeness (QED) is 0.780. The molecule has 29 heavy (non-hydrogen) atoms. The van der Waals surface area contributed by atoms with Crippen LogP contribution in [0.4, 0.5) is 20.6 Å². The molecule has 0 bridgehead atoms. The number of carbonyl (C=O) groups is 2. The fourth-order valence-corrected chi connectivity index (χ4v) is 3.42. The number of hydrogen-bond acceptors (Lipinski definition) is 7. The molecule has 0 spiro atoms. The van der Waals surface area contributed by atoms with Gasteiger partial charge in [0.1, 0.15) is 29.8 Å². The van der Waals surface area contributed by atoms with E-state index in [1.165, 1.54) is 6.07 Å². The van der Waals surface area contributed by atoms with E-state index in [0.717, 1.165) is 0 Å². The standard InChI is InChI=1S/C19H24FN5O4/c1-10-17(26)23-22-16-9-28-15-5-12(20)13(6-14(15)25(10)16)21-11-7-24(8-11)18(27)29-19(2,3)4/h5-6,10-11,21H,7-9H2,1-4H3,(H,23,26). The number of nitrogens with one attached hydrogen (secondary N) is 2. The van der Waals surface area contributed by atoms with Gasteiger partial charge < -0.3 is 24.6 Å². The molecule has 2 amide bonds. The molecule has 0 saturated carbocycles. The van der Waals surface area contributed by atoms with Gasteiger partial charge in [-0.05, 0) is 33.8 Å². The first-order valence-corrected chi connectivity index (χ1v) is 9.49. The lowest BCUT2D eigenvalue weighted by molar-refractivity contribution is -0.122. The summed E-state index contributed by atoms with van der Waals surface area (Å²) < 4.78 is 25.5. The molecule has 9 nitrogen and oxygen atoms in total. The smallest absolute Gasteiger partial charge is 0.410 e. The first kappa shape index (κ1) is 19.3. The monoisotopic (exact) mass is 405 g/mol. The summed E-state index contributed by atoms with van der Waals surface area (Å²) in [6.07, 6.45) is -0.385. The Hall–Kier alpha value is -3.04. The molecule has 3 aliphatic rings. The summed E-state index contributed by atoms with van der Waals surface area (Å²) in [5.41, 5.74) is 2.75. The minimum Gasteiger partial charge on any atom is -0.483 e. The van der Waals surface area contributed by atoms with Gasteiger partial charge in [-0.3, -0.25) is 4.79 Å². The molecular formula is C19H24FN5O4. The van der Waals surface area contributed by atoms with Gasteiger partial charge in [-0.1, -0.05) is 0 Å².